The van der Waals surface area contributed by atoms with E-state index >= 15 is 0 Å². The number of benzene rings is 1. The van der Waals surface area contributed by atoms with Crippen molar-refractivity contribution in [3.8, 4) is 0 Å². The molecule has 0 aliphatic heterocycles. The summed E-state index contributed by atoms with van der Waals surface area (Å²) in [6.07, 6.45) is 2.25. The summed E-state index contributed by atoms with van der Waals surface area (Å²) in [4.78, 5) is 23.1. The highest BCUT2D eigenvalue weighted by atomic mass is 32.2. The summed E-state index contributed by atoms with van der Waals surface area (Å²) in [5.74, 6) is -1.15. The predicted octanol–water partition coefficient (Wildman–Crippen LogP) is 1.72. The number of amides is 2. The third-order valence-electron chi connectivity index (χ3n) is 4.63. The monoisotopic (exact) mass is 369 g/mol. The van der Waals surface area contributed by atoms with Gasteiger partial charge in [0, 0.05) is 11.7 Å². The molecular formula is C16H23N3O5S. The van der Waals surface area contributed by atoms with Gasteiger partial charge in [0.25, 0.3) is 0 Å². The fraction of sp³-hybridized carbons (Fsp3) is 0.500. The molecular weight excluding hydrogens is 346 g/mol. The Morgan fingerprint density at radius 1 is 1.16 bits per heavy atom. The Balaban J connectivity index is 2.04. The van der Waals surface area contributed by atoms with Gasteiger partial charge in [-0.05, 0) is 62.8 Å². The molecule has 1 aliphatic carbocycles. The Bertz CT molecular complexity index is 783. The standard InChI is InChI=1S/C16H23N3O5S/c1-9-7-13(25(17,23)24)8-14(10(9)2)19-16(22)18-12-5-3-11(4-6-12)15(20)21/h7-8,11-12H,3-6H2,1-2H3,(H,20,21)(H2,17,23,24)(H2,18,19,22). The average molecular weight is 369 g/mol. The number of carboxylic acids is 1. The van der Waals surface area contributed by atoms with Gasteiger partial charge in [0.05, 0.1) is 10.8 Å². The molecule has 0 atom stereocenters. The summed E-state index contributed by atoms with van der Waals surface area (Å²) >= 11 is 0. The first-order valence-corrected chi connectivity index (χ1v) is 9.57. The van der Waals surface area contributed by atoms with Crippen molar-refractivity contribution in [3.05, 3.63) is 23.3 Å². The molecule has 0 saturated heterocycles. The number of carboxylic acid groups (broad SMARTS) is 1. The summed E-state index contributed by atoms with van der Waals surface area (Å²) in [6, 6.07) is 2.24. The number of rotatable bonds is 4. The summed E-state index contributed by atoms with van der Waals surface area (Å²) in [7, 11) is -3.87. The van der Waals surface area contributed by atoms with Gasteiger partial charge in [0.2, 0.25) is 10.0 Å². The quantitative estimate of drug-likeness (QED) is 0.640. The van der Waals surface area contributed by atoms with E-state index in [2.05, 4.69) is 10.6 Å². The summed E-state index contributed by atoms with van der Waals surface area (Å²) in [6.45, 7) is 3.51. The number of aliphatic carboxylic acids is 1. The van der Waals surface area contributed by atoms with Crippen LogP contribution < -0.4 is 15.8 Å². The fourth-order valence-electron chi connectivity index (χ4n) is 2.95. The van der Waals surface area contributed by atoms with Crippen molar-refractivity contribution in [2.75, 3.05) is 5.32 Å². The Labute approximate surface area is 146 Å². The second-order valence-corrected chi connectivity index (χ2v) is 8.00. The number of urea groups is 1. The molecule has 0 unspecified atom stereocenters. The number of sulfonamides is 1. The summed E-state index contributed by atoms with van der Waals surface area (Å²) < 4.78 is 23.1. The lowest BCUT2D eigenvalue weighted by atomic mass is 9.86. The molecule has 0 radical (unpaired) electrons. The third kappa shape index (κ3) is 4.93. The molecule has 0 aromatic heterocycles. The van der Waals surface area contributed by atoms with Gasteiger partial charge in [-0.25, -0.2) is 18.4 Å². The van der Waals surface area contributed by atoms with E-state index in [4.69, 9.17) is 10.2 Å². The van der Waals surface area contributed by atoms with E-state index in [1.54, 1.807) is 13.8 Å². The van der Waals surface area contributed by atoms with Gasteiger partial charge in [0.15, 0.2) is 0 Å². The number of anilines is 1. The molecule has 8 nitrogen and oxygen atoms in total. The Hall–Kier alpha value is -2.13. The van der Waals surface area contributed by atoms with Crippen LogP contribution in [0.2, 0.25) is 0 Å². The van der Waals surface area contributed by atoms with Gasteiger partial charge in [-0.1, -0.05) is 0 Å². The first kappa shape index (κ1) is 19.2. The van der Waals surface area contributed by atoms with Gasteiger partial charge in [-0.15, -0.1) is 0 Å². The first-order valence-electron chi connectivity index (χ1n) is 8.02. The van der Waals surface area contributed by atoms with Gasteiger partial charge >= 0.3 is 12.0 Å². The van der Waals surface area contributed by atoms with Crippen molar-refractivity contribution in [3.63, 3.8) is 0 Å². The van der Waals surface area contributed by atoms with Crippen molar-refractivity contribution in [1.82, 2.24) is 5.32 Å². The third-order valence-corrected chi connectivity index (χ3v) is 5.52. The zero-order valence-electron chi connectivity index (χ0n) is 14.2. The number of nitrogens with one attached hydrogen (secondary N) is 2. The average Bonchev–Trinajstić information content (AvgIpc) is 2.51. The highest BCUT2D eigenvalue weighted by Crippen LogP contribution is 2.26. The molecule has 1 saturated carbocycles. The van der Waals surface area contributed by atoms with Crippen LogP contribution in [0.25, 0.3) is 0 Å². The highest BCUT2D eigenvalue weighted by Gasteiger charge is 2.26. The molecule has 5 N–H and O–H groups in total. The normalized spacial score (nSPS) is 20.8. The Morgan fingerprint density at radius 3 is 2.28 bits per heavy atom. The highest BCUT2D eigenvalue weighted by molar-refractivity contribution is 7.89. The van der Waals surface area contributed by atoms with Gasteiger partial charge < -0.3 is 15.7 Å². The van der Waals surface area contributed by atoms with Gasteiger partial charge in [-0.2, -0.15) is 0 Å². The van der Waals surface area contributed by atoms with E-state index in [9.17, 15) is 18.0 Å². The lowest BCUT2D eigenvalue weighted by Crippen LogP contribution is -2.41. The van der Waals surface area contributed by atoms with E-state index in [0.717, 1.165) is 5.56 Å². The molecule has 1 aliphatic rings. The molecule has 25 heavy (non-hydrogen) atoms. The van der Waals surface area contributed by atoms with Crippen LogP contribution in [0.4, 0.5) is 10.5 Å². The summed E-state index contributed by atoms with van der Waals surface area (Å²) in [5, 5.41) is 19.6. The SMILES string of the molecule is Cc1cc(S(N)(=O)=O)cc(NC(=O)NC2CCC(C(=O)O)CC2)c1C. The fourth-order valence-corrected chi connectivity index (χ4v) is 3.57. The van der Waals surface area contributed by atoms with Crippen molar-refractivity contribution < 1.29 is 23.1 Å². The van der Waals surface area contributed by atoms with Crippen LogP contribution in [-0.2, 0) is 14.8 Å². The number of primary sulfonamides is 1. The van der Waals surface area contributed by atoms with Crippen LogP contribution in [0.5, 0.6) is 0 Å². The van der Waals surface area contributed by atoms with Gasteiger partial charge in [-0.3, -0.25) is 4.79 Å². The number of hydrogen-bond donors (Lipinski definition) is 4. The Kier molecular flexibility index (Phi) is 5.69. The van der Waals surface area contributed by atoms with Crippen molar-refractivity contribution in [2.24, 2.45) is 11.1 Å². The number of carbonyl (C=O) groups excluding carboxylic acids is 1. The second kappa shape index (κ2) is 7.40. The minimum absolute atomic E-state index is 0.0622. The van der Waals surface area contributed by atoms with Crippen LogP contribution in [0, 0.1) is 19.8 Å². The van der Waals surface area contributed by atoms with E-state index in [-0.39, 0.29) is 16.9 Å². The zero-order valence-corrected chi connectivity index (χ0v) is 15.0. The topological polar surface area (TPSA) is 139 Å². The second-order valence-electron chi connectivity index (χ2n) is 6.44. The maximum Gasteiger partial charge on any atom is 0.319 e. The molecule has 2 rings (SSSR count). The van der Waals surface area contributed by atoms with Crippen molar-refractivity contribution in [1.29, 1.82) is 0 Å². The smallest absolute Gasteiger partial charge is 0.319 e. The maximum atomic E-state index is 12.2. The van der Waals surface area contributed by atoms with Crippen LogP contribution in [0.3, 0.4) is 0 Å². The molecule has 0 spiro atoms. The number of nitrogens with two attached hydrogens (primary N) is 1. The molecule has 0 heterocycles. The van der Waals surface area contributed by atoms with E-state index in [1.165, 1.54) is 12.1 Å². The van der Waals surface area contributed by atoms with E-state index in [0.29, 0.717) is 36.9 Å². The minimum Gasteiger partial charge on any atom is -0.481 e. The first-order chi connectivity index (χ1) is 11.6. The predicted molar refractivity (Wildman–Crippen MR) is 92.8 cm³/mol. The Morgan fingerprint density at radius 2 is 1.76 bits per heavy atom. The number of hydrogen-bond acceptors (Lipinski definition) is 4. The maximum absolute atomic E-state index is 12.2. The molecule has 1 aromatic rings. The van der Waals surface area contributed by atoms with Crippen LogP contribution in [0.15, 0.2) is 17.0 Å². The van der Waals surface area contributed by atoms with E-state index in [1.807, 2.05) is 0 Å². The molecule has 1 aromatic carbocycles. The molecule has 9 heteroatoms. The molecule has 1 fully saturated rings. The molecule has 138 valence electrons. The lowest BCUT2D eigenvalue weighted by Gasteiger charge is -2.27. The summed E-state index contributed by atoms with van der Waals surface area (Å²) in [5.41, 5.74) is 1.82. The zero-order chi connectivity index (χ0) is 18.8. The van der Waals surface area contributed by atoms with Crippen molar-refractivity contribution >= 4 is 27.7 Å². The lowest BCUT2D eigenvalue weighted by molar-refractivity contribution is -0.142. The molecule has 0 bridgehead atoms. The van der Waals surface area contributed by atoms with Crippen LogP contribution >= 0.6 is 0 Å². The number of carbonyl (C=O) groups is 2. The molecule has 2 amide bonds. The minimum atomic E-state index is -3.87. The number of aryl methyl sites for hydroxylation is 1. The van der Waals surface area contributed by atoms with Crippen LogP contribution in [-0.4, -0.2) is 31.6 Å². The van der Waals surface area contributed by atoms with Crippen LogP contribution in [0.1, 0.15) is 36.8 Å². The van der Waals surface area contributed by atoms with Gasteiger partial charge in [0.1, 0.15) is 0 Å². The van der Waals surface area contributed by atoms with E-state index < -0.39 is 22.0 Å². The van der Waals surface area contributed by atoms with Crippen molar-refractivity contribution in [2.45, 2.75) is 50.5 Å². The largest absolute Gasteiger partial charge is 0.481 e.